The molecule has 0 aliphatic carbocycles. The topological polar surface area (TPSA) is 41.6 Å². The third-order valence-electron chi connectivity index (χ3n) is 3.03. The van der Waals surface area contributed by atoms with Crippen molar-refractivity contribution < 1.29 is 9.53 Å². The van der Waals surface area contributed by atoms with E-state index in [1.807, 2.05) is 37.3 Å². The predicted octanol–water partition coefficient (Wildman–Crippen LogP) is 4.41. The fraction of sp³-hybridized carbons (Fsp3) is 0.188. The molecule has 0 radical (unpaired) electrons. The number of nitrogens with one attached hydrogen (secondary N) is 1. The zero-order valence-electron chi connectivity index (χ0n) is 12.0. The van der Waals surface area contributed by atoms with Gasteiger partial charge in [-0.3, -0.25) is 4.90 Å². The number of carbonyl (C=O) groups excluding carboxylic acids is 1. The normalized spacial score (nSPS) is 10.0. The summed E-state index contributed by atoms with van der Waals surface area (Å²) < 4.78 is 5.23. The van der Waals surface area contributed by atoms with E-state index < -0.39 is 0 Å². The van der Waals surface area contributed by atoms with Gasteiger partial charge in [-0.15, -0.1) is 0 Å². The Labute approximate surface area is 129 Å². The van der Waals surface area contributed by atoms with Crippen LogP contribution < -0.4 is 15.0 Å². The van der Waals surface area contributed by atoms with Gasteiger partial charge in [-0.05, 0) is 37.3 Å². The molecule has 0 saturated heterocycles. The van der Waals surface area contributed by atoms with Crippen LogP contribution in [0.5, 0.6) is 5.75 Å². The van der Waals surface area contributed by atoms with Crippen molar-refractivity contribution in [3.63, 3.8) is 0 Å². The lowest BCUT2D eigenvalue weighted by Gasteiger charge is -2.22. The Hall–Kier alpha value is -2.20. The van der Waals surface area contributed by atoms with E-state index in [9.17, 15) is 4.79 Å². The van der Waals surface area contributed by atoms with Crippen LogP contribution in [0, 0.1) is 0 Å². The smallest absolute Gasteiger partial charge is 0.326 e. The molecule has 0 saturated carbocycles. The van der Waals surface area contributed by atoms with E-state index in [4.69, 9.17) is 16.3 Å². The van der Waals surface area contributed by atoms with E-state index in [1.165, 1.54) is 0 Å². The quantitative estimate of drug-likeness (QED) is 0.909. The Bertz CT molecular complexity index is 617. The Morgan fingerprint density at radius 3 is 2.57 bits per heavy atom. The maximum Gasteiger partial charge on any atom is 0.326 e. The van der Waals surface area contributed by atoms with Crippen molar-refractivity contribution in [1.29, 1.82) is 0 Å². The number of benzene rings is 2. The summed E-state index contributed by atoms with van der Waals surface area (Å²) in [6.45, 7) is 2.47. The molecular weight excluding hydrogens is 288 g/mol. The van der Waals surface area contributed by atoms with Crippen LogP contribution in [0.25, 0.3) is 0 Å². The second-order valence-corrected chi connectivity index (χ2v) is 4.79. The first-order chi connectivity index (χ1) is 10.2. The van der Waals surface area contributed by atoms with E-state index >= 15 is 0 Å². The molecule has 4 nitrogen and oxygen atoms in total. The first-order valence-corrected chi connectivity index (χ1v) is 7.00. The number of halogens is 1. The molecular formula is C16H17ClN2O2. The molecule has 21 heavy (non-hydrogen) atoms. The molecule has 0 aliphatic rings. The lowest BCUT2D eigenvalue weighted by molar-refractivity contribution is 0.257. The predicted molar refractivity (Wildman–Crippen MR) is 86.5 cm³/mol. The largest absolute Gasteiger partial charge is 0.495 e. The SMILES string of the molecule is CCN(C(=O)Nc1cc(Cl)ccc1OC)c1ccccc1. The summed E-state index contributed by atoms with van der Waals surface area (Å²) in [5, 5.41) is 3.37. The van der Waals surface area contributed by atoms with Crippen LogP contribution in [-0.2, 0) is 0 Å². The molecule has 0 heterocycles. The Morgan fingerprint density at radius 1 is 1.24 bits per heavy atom. The van der Waals surface area contributed by atoms with Gasteiger partial charge in [0.2, 0.25) is 0 Å². The van der Waals surface area contributed by atoms with Crippen LogP contribution in [0.3, 0.4) is 0 Å². The average Bonchev–Trinajstić information content (AvgIpc) is 2.49. The Morgan fingerprint density at radius 2 is 1.95 bits per heavy atom. The van der Waals surface area contributed by atoms with Gasteiger partial charge in [-0.2, -0.15) is 0 Å². The number of ether oxygens (including phenoxy) is 1. The molecule has 0 fully saturated rings. The number of nitrogens with zero attached hydrogens (tertiary/aromatic N) is 1. The van der Waals surface area contributed by atoms with Crippen LogP contribution in [0.15, 0.2) is 48.5 Å². The number of anilines is 2. The number of carbonyl (C=O) groups is 1. The average molecular weight is 305 g/mol. The number of methoxy groups -OCH3 is 1. The Balaban J connectivity index is 2.22. The number of hydrogen-bond donors (Lipinski definition) is 1. The van der Waals surface area contributed by atoms with Crippen LogP contribution >= 0.6 is 11.6 Å². The monoisotopic (exact) mass is 304 g/mol. The lowest BCUT2D eigenvalue weighted by Crippen LogP contribution is -2.34. The fourth-order valence-corrected chi connectivity index (χ4v) is 2.18. The minimum Gasteiger partial charge on any atom is -0.495 e. The van der Waals surface area contributed by atoms with Gasteiger partial charge in [0.25, 0.3) is 0 Å². The molecule has 0 aliphatic heterocycles. The highest BCUT2D eigenvalue weighted by molar-refractivity contribution is 6.31. The second-order valence-electron chi connectivity index (χ2n) is 4.35. The van der Waals surface area contributed by atoms with Gasteiger partial charge in [0.15, 0.2) is 0 Å². The zero-order chi connectivity index (χ0) is 15.2. The lowest BCUT2D eigenvalue weighted by atomic mass is 10.2. The van der Waals surface area contributed by atoms with Crippen molar-refractivity contribution in [1.82, 2.24) is 0 Å². The van der Waals surface area contributed by atoms with Gasteiger partial charge in [-0.25, -0.2) is 4.79 Å². The summed E-state index contributed by atoms with van der Waals surface area (Å²) in [5.74, 6) is 0.567. The Kier molecular flexibility index (Phi) is 5.06. The third kappa shape index (κ3) is 3.67. The van der Waals surface area contributed by atoms with Crippen molar-refractivity contribution in [2.24, 2.45) is 0 Å². The highest BCUT2D eigenvalue weighted by atomic mass is 35.5. The van der Waals surface area contributed by atoms with Crippen LogP contribution in [0.1, 0.15) is 6.92 Å². The molecule has 1 N–H and O–H groups in total. The second kappa shape index (κ2) is 6.99. The van der Waals surface area contributed by atoms with Gasteiger partial charge < -0.3 is 10.1 Å². The van der Waals surface area contributed by atoms with Crippen molar-refractivity contribution >= 4 is 29.0 Å². The maximum absolute atomic E-state index is 12.4. The fourth-order valence-electron chi connectivity index (χ4n) is 2.01. The molecule has 5 heteroatoms. The zero-order valence-corrected chi connectivity index (χ0v) is 12.7. The highest BCUT2D eigenvalue weighted by Gasteiger charge is 2.15. The molecule has 0 aromatic heterocycles. The van der Waals surface area contributed by atoms with Crippen LogP contribution in [0.4, 0.5) is 16.2 Å². The van der Waals surface area contributed by atoms with Crippen molar-refractivity contribution in [2.75, 3.05) is 23.9 Å². The molecule has 0 bridgehead atoms. The van der Waals surface area contributed by atoms with Crippen LogP contribution in [-0.4, -0.2) is 19.7 Å². The van der Waals surface area contributed by atoms with E-state index in [2.05, 4.69) is 5.32 Å². The summed E-state index contributed by atoms with van der Waals surface area (Å²) in [4.78, 5) is 14.1. The molecule has 0 atom stereocenters. The summed E-state index contributed by atoms with van der Waals surface area (Å²) in [5.41, 5.74) is 1.38. The molecule has 2 rings (SSSR count). The van der Waals surface area contributed by atoms with Gasteiger partial charge in [0.1, 0.15) is 5.75 Å². The van der Waals surface area contributed by atoms with Gasteiger partial charge >= 0.3 is 6.03 Å². The number of amides is 2. The summed E-state index contributed by atoms with van der Waals surface area (Å²) in [6, 6.07) is 14.3. The summed E-state index contributed by atoms with van der Waals surface area (Å²) >= 11 is 5.97. The number of rotatable bonds is 4. The van der Waals surface area contributed by atoms with Gasteiger partial charge in [0, 0.05) is 17.3 Å². The first-order valence-electron chi connectivity index (χ1n) is 6.62. The molecule has 2 aromatic carbocycles. The molecule has 2 amide bonds. The maximum atomic E-state index is 12.4. The summed E-state index contributed by atoms with van der Waals surface area (Å²) in [7, 11) is 1.55. The minimum atomic E-state index is -0.232. The molecule has 0 spiro atoms. The van der Waals surface area contributed by atoms with Crippen molar-refractivity contribution in [3.05, 3.63) is 53.6 Å². The molecule has 110 valence electrons. The third-order valence-corrected chi connectivity index (χ3v) is 3.27. The van der Waals surface area contributed by atoms with E-state index in [0.717, 1.165) is 5.69 Å². The van der Waals surface area contributed by atoms with Gasteiger partial charge in [0.05, 0.1) is 12.8 Å². The van der Waals surface area contributed by atoms with E-state index in [-0.39, 0.29) is 6.03 Å². The number of para-hydroxylation sites is 1. The molecule has 2 aromatic rings. The number of urea groups is 1. The van der Waals surface area contributed by atoms with Crippen LogP contribution in [0.2, 0.25) is 5.02 Å². The first kappa shape index (κ1) is 15.2. The van der Waals surface area contributed by atoms with Crippen molar-refractivity contribution in [2.45, 2.75) is 6.92 Å². The van der Waals surface area contributed by atoms with E-state index in [0.29, 0.717) is 23.0 Å². The summed E-state index contributed by atoms with van der Waals surface area (Å²) in [6.07, 6.45) is 0. The van der Waals surface area contributed by atoms with E-state index in [1.54, 1.807) is 30.2 Å². The number of hydrogen-bond acceptors (Lipinski definition) is 2. The highest BCUT2D eigenvalue weighted by Crippen LogP contribution is 2.28. The minimum absolute atomic E-state index is 0.232. The standard InChI is InChI=1S/C16H17ClN2O2/c1-3-19(13-7-5-4-6-8-13)16(20)18-14-11-12(17)9-10-15(14)21-2/h4-11H,3H2,1-2H3,(H,18,20). The van der Waals surface area contributed by atoms with Crippen molar-refractivity contribution in [3.8, 4) is 5.75 Å². The van der Waals surface area contributed by atoms with Gasteiger partial charge in [-0.1, -0.05) is 29.8 Å². The molecule has 0 unspecified atom stereocenters.